The molecule has 0 aliphatic rings. The quantitative estimate of drug-likeness (QED) is 0.871. The van der Waals surface area contributed by atoms with Gasteiger partial charge in [-0.2, -0.15) is 4.31 Å². The molecule has 7 heteroatoms. The van der Waals surface area contributed by atoms with E-state index in [-0.39, 0.29) is 24.7 Å². The van der Waals surface area contributed by atoms with Crippen LogP contribution in [0.3, 0.4) is 0 Å². The third-order valence-corrected chi connectivity index (χ3v) is 4.17. The van der Waals surface area contributed by atoms with Crippen LogP contribution in [0.15, 0.2) is 24.3 Å². The third kappa shape index (κ3) is 4.90. The predicted octanol–water partition coefficient (Wildman–Crippen LogP) is 1.82. The molecule has 0 bridgehead atoms. The van der Waals surface area contributed by atoms with Crippen LogP contribution >= 0.6 is 0 Å². The van der Waals surface area contributed by atoms with Crippen LogP contribution in [0.2, 0.25) is 0 Å². The molecule has 0 unspecified atom stereocenters. The van der Waals surface area contributed by atoms with E-state index in [2.05, 4.69) is 5.32 Å². The lowest BCUT2D eigenvalue weighted by molar-refractivity contribution is -0.116. The Hall–Kier alpha value is -1.47. The number of amides is 1. The normalized spacial score (nSPS) is 11.9. The van der Waals surface area contributed by atoms with Gasteiger partial charge in [-0.3, -0.25) is 4.79 Å². The number of rotatable bonds is 6. The Balaban J connectivity index is 2.62. The highest BCUT2D eigenvalue weighted by Crippen LogP contribution is 2.13. The summed E-state index contributed by atoms with van der Waals surface area (Å²) in [6.45, 7) is 3.53. The molecule has 0 radical (unpaired) electrons. The van der Waals surface area contributed by atoms with Crippen LogP contribution in [-0.4, -0.2) is 37.5 Å². The fourth-order valence-corrected chi connectivity index (χ4v) is 2.98. The highest BCUT2D eigenvalue weighted by atomic mass is 32.2. The summed E-state index contributed by atoms with van der Waals surface area (Å²) >= 11 is 0. The zero-order valence-electron chi connectivity index (χ0n) is 11.8. The lowest BCUT2D eigenvalue weighted by Gasteiger charge is -2.23. The molecular formula is C13H19FN2O3S. The van der Waals surface area contributed by atoms with E-state index in [1.165, 1.54) is 22.5 Å². The Morgan fingerprint density at radius 1 is 1.35 bits per heavy atom. The number of nitrogens with one attached hydrogen (secondary N) is 1. The van der Waals surface area contributed by atoms with Crippen molar-refractivity contribution < 1.29 is 17.6 Å². The number of hydrogen-bond acceptors (Lipinski definition) is 3. The van der Waals surface area contributed by atoms with Crippen LogP contribution in [0.5, 0.6) is 0 Å². The van der Waals surface area contributed by atoms with E-state index in [4.69, 9.17) is 0 Å². The molecule has 1 N–H and O–H groups in total. The summed E-state index contributed by atoms with van der Waals surface area (Å²) in [6.07, 6.45) is 1.07. The molecule has 0 aliphatic heterocycles. The lowest BCUT2D eigenvalue weighted by atomic mass is 10.3. The first-order valence-corrected chi connectivity index (χ1v) is 8.08. The van der Waals surface area contributed by atoms with Gasteiger partial charge in [-0.15, -0.1) is 0 Å². The average molecular weight is 302 g/mol. The Labute approximate surface area is 118 Å². The summed E-state index contributed by atoms with van der Waals surface area (Å²) in [7, 11) is -3.36. The topological polar surface area (TPSA) is 66.5 Å². The fraction of sp³-hybridized carbons (Fsp3) is 0.462. The second kappa shape index (κ2) is 6.81. The highest BCUT2D eigenvalue weighted by Gasteiger charge is 2.20. The Morgan fingerprint density at radius 3 is 2.45 bits per heavy atom. The van der Waals surface area contributed by atoms with Crippen molar-refractivity contribution >= 4 is 21.6 Å². The van der Waals surface area contributed by atoms with E-state index in [1.807, 2.05) is 0 Å². The van der Waals surface area contributed by atoms with E-state index in [0.29, 0.717) is 0 Å². The second-order valence-electron chi connectivity index (χ2n) is 4.75. The molecule has 0 saturated heterocycles. The summed E-state index contributed by atoms with van der Waals surface area (Å²) in [5.41, 5.74) is 0.0907. The molecule has 0 heterocycles. The Bertz CT molecular complexity index is 573. The first-order chi connectivity index (χ1) is 9.21. The number of carbonyl (C=O) groups is 1. The molecule has 112 valence electrons. The van der Waals surface area contributed by atoms with Crippen molar-refractivity contribution in [1.29, 1.82) is 0 Å². The van der Waals surface area contributed by atoms with Gasteiger partial charge >= 0.3 is 0 Å². The molecule has 0 aromatic heterocycles. The van der Waals surface area contributed by atoms with Gasteiger partial charge in [-0.1, -0.05) is 12.1 Å². The number of nitrogens with zero attached hydrogens (tertiary/aromatic N) is 1. The van der Waals surface area contributed by atoms with Gasteiger partial charge in [0.15, 0.2) is 0 Å². The molecule has 0 aliphatic carbocycles. The molecule has 1 amide bonds. The SMILES string of the molecule is CC(C)N(CCC(=O)Nc1ccccc1F)S(C)(=O)=O. The van der Waals surface area contributed by atoms with Crippen LogP contribution in [0.25, 0.3) is 0 Å². The van der Waals surface area contributed by atoms with E-state index >= 15 is 0 Å². The van der Waals surface area contributed by atoms with Crippen LogP contribution in [0.1, 0.15) is 20.3 Å². The summed E-state index contributed by atoms with van der Waals surface area (Å²) in [4.78, 5) is 11.7. The van der Waals surface area contributed by atoms with Crippen molar-refractivity contribution in [1.82, 2.24) is 4.31 Å². The smallest absolute Gasteiger partial charge is 0.225 e. The predicted molar refractivity (Wildman–Crippen MR) is 76.3 cm³/mol. The zero-order valence-corrected chi connectivity index (χ0v) is 12.6. The maximum Gasteiger partial charge on any atom is 0.225 e. The van der Waals surface area contributed by atoms with Crippen molar-refractivity contribution in [3.63, 3.8) is 0 Å². The molecule has 0 fully saturated rings. The van der Waals surface area contributed by atoms with Gasteiger partial charge in [0, 0.05) is 19.0 Å². The largest absolute Gasteiger partial charge is 0.324 e. The minimum atomic E-state index is -3.36. The molecule has 5 nitrogen and oxygen atoms in total. The number of anilines is 1. The molecule has 0 saturated carbocycles. The number of sulfonamides is 1. The van der Waals surface area contributed by atoms with Gasteiger partial charge in [0.1, 0.15) is 5.82 Å². The zero-order chi connectivity index (χ0) is 15.3. The maximum atomic E-state index is 13.3. The second-order valence-corrected chi connectivity index (χ2v) is 6.68. The molecule has 0 spiro atoms. The van der Waals surface area contributed by atoms with Crippen molar-refractivity contribution in [3.8, 4) is 0 Å². The van der Waals surface area contributed by atoms with E-state index in [0.717, 1.165) is 6.26 Å². The maximum absolute atomic E-state index is 13.3. The first-order valence-electron chi connectivity index (χ1n) is 6.23. The van der Waals surface area contributed by atoms with Crippen LogP contribution in [0, 0.1) is 5.82 Å². The van der Waals surface area contributed by atoms with Gasteiger partial charge < -0.3 is 5.32 Å². The monoisotopic (exact) mass is 302 g/mol. The van der Waals surface area contributed by atoms with Crippen molar-refractivity contribution in [2.24, 2.45) is 0 Å². The minimum absolute atomic E-state index is 0.0282. The van der Waals surface area contributed by atoms with Gasteiger partial charge in [-0.05, 0) is 26.0 Å². The van der Waals surface area contributed by atoms with Crippen molar-refractivity contribution in [3.05, 3.63) is 30.1 Å². The van der Waals surface area contributed by atoms with Crippen LogP contribution < -0.4 is 5.32 Å². The number of hydrogen-bond donors (Lipinski definition) is 1. The van der Waals surface area contributed by atoms with Gasteiger partial charge in [0.05, 0.1) is 11.9 Å². The minimum Gasteiger partial charge on any atom is -0.324 e. The summed E-state index contributed by atoms with van der Waals surface area (Å²) < 4.78 is 37.6. The molecule has 1 aromatic rings. The number of halogens is 1. The molecular weight excluding hydrogens is 283 g/mol. The summed E-state index contributed by atoms with van der Waals surface area (Å²) in [5.74, 6) is -0.950. The standard InChI is InChI=1S/C13H19FN2O3S/c1-10(2)16(20(3,18)19)9-8-13(17)15-12-7-5-4-6-11(12)14/h4-7,10H,8-9H2,1-3H3,(H,15,17). The highest BCUT2D eigenvalue weighted by molar-refractivity contribution is 7.88. The van der Waals surface area contributed by atoms with E-state index in [1.54, 1.807) is 19.9 Å². The fourth-order valence-electron chi connectivity index (χ4n) is 1.79. The average Bonchev–Trinajstić information content (AvgIpc) is 2.30. The summed E-state index contributed by atoms with van der Waals surface area (Å²) in [6, 6.07) is 5.59. The van der Waals surface area contributed by atoms with Gasteiger partial charge in [0.2, 0.25) is 15.9 Å². The molecule has 1 rings (SSSR count). The summed E-state index contributed by atoms with van der Waals surface area (Å²) in [5, 5.41) is 2.42. The first kappa shape index (κ1) is 16.6. The lowest BCUT2D eigenvalue weighted by Crippen LogP contribution is -2.38. The van der Waals surface area contributed by atoms with E-state index < -0.39 is 21.7 Å². The van der Waals surface area contributed by atoms with Gasteiger partial charge in [-0.25, -0.2) is 12.8 Å². The van der Waals surface area contributed by atoms with Crippen LogP contribution in [-0.2, 0) is 14.8 Å². The Morgan fingerprint density at radius 2 is 1.95 bits per heavy atom. The van der Waals surface area contributed by atoms with Gasteiger partial charge in [0.25, 0.3) is 0 Å². The third-order valence-electron chi connectivity index (χ3n) is 2.71. The molecule has 1 aromatic carbocycles. The van der Waals surface area contributed by atoms with Crippen molar-refractivity contribution in [2.75, 3.05) is 18.1 Å². The number of carbonyl (C=O) groups excluding carboxylic acids is 1. The Kier molecular flexibility index (Phi) is 5.64. The van der Waals surface area contributed by atoms with E-state index in [9.17, 15) is 17.6 Å². The number of benzene rings is 1. The van der Waals surface area contributed by atoms with Crippen LogP contribution in [0.4, 0.5) is 10.1 Å². The molecule has 20 heavy (non-hydrogen) atoms. The molecule has 0 atom stereocenters. The number of para-hydroxylation sites is 1. The van der Waals surface area contributed by atoms with Crippen molar-refractivity contribution in [2.45, 2.75) is 26.3 Å².